The molecule has 5 aliphatic rings. The van der Waals surface area contributed by atoms with E-state index in [4.69, 9.17) is 28.7 Å². The number of hydrogen-bond donors (Lipinski definition) is 9. The van der Waals surface area contributed by atoms with Gasteiger partial charge in [-0.25, -0.2) is 49.8 Å². The summed E-state index contributed by atoms with van der Waals surface area (Å²) in [5.41, 5.74) is 20.5. The molecule has 30 heteroatoms. The van der Waals surface area contributed by atoms with E-state index in [0.717, 1.165) is 157 Å². The van der Waals surface area contributed by atoms with E-state index in [1.165, 1.54) is 11.1 Å². The van der Waals surface area contributed by atoms with Gasteiger partial charge in [-0.15, -0.1) is 0 Å². The highest BCUT2D eigenvalue weighted by molar-refractivity contribution is 5.95. The van der Waals surface area contributed by atoms with Crippen LogP contribution >= 0.6 is 0 Å². The summed E-state index contributed by atoms with van der Waals surface area (Å²) in [6, 6.07) is 85.9. The highest BCUT2D eigenvalue weighted by atomic mass is 16.5. The second kappa shape index (κ2) is 51.9. The molecular formula is C114H111N21O9. The molecule has 5 aliphatic heterocycles. The fourth-order valence-electron chi connectivity index (χ4n) is 15.6. The van der Waals surface area contributed by atoms with Gasteiger partial charge in [0.2, 0.25) is 53.4 Å². The number of hydrogen-bond acceptors (Lipinski definition) is 26. The average Bonchev–Trinajstić information content (AvgIpc) is 0.835. The predicted molar refractivity (Wildman–Crippen MR) is 568 cm³/mol. The van der Waals surface area contributed by atoms with Gasteiger partial charge in [0, 0.05) is 167 Å². The highest BCUT2D eigenvalue weighted by Gasteiger charge is 2.17. The number of carbonyl (C=O) groups excluding carboxylic acids is 4. The lowest BCUT2D eigenvalue weighted by Crippen LogP contribution is -2.17. The molecule has 5 aromatic heterocycles. The number of aromatic nitrogens is 10. The van der Waals surface area contributed by atoms with E-state index in [9.17, 15) is 19.2 Å². The quantitative estimate of drug-likeness (QED) is 0.0689. The van der Waals surface area contributed by atoms with Crippen LogP contribution in [0.25, 0.3) is 56.3 Å². The number of likely N-dealkylation sites (N-methyl/N-ethyl adjacent to an activating group) is 2. The summed E-state index contributed by atoms with van der Waals surface area (Å²) >= 11 is 0. The molecule has 10 aromatic carbocycles. The SMILES string of the molecule is CN1C/C=C/CCOc2cccc(c2)-c2ccnc(n2)Nc2cccc(c2)C1.COc1ccc2cc1COC/C=C/CN(C)Cc1cccc(c1)Nc1nccc-2n1.O=C1C/C=C/CC(=O)Nc2cccc(c2)-c2ccnc(n2)Nc2cccc(c2)N1.O=C1CC/C=C/COCc2cccc(c2)Nc2nccc(n2)-c2cccc(c2)N1.O=C1CC/C=C/COc2cccc(c2)-c2ccnc(n2)Nc2cccc(c2)N1. The number of ether oxygens (including phenoxy) is 5. The number of allylic oxidation sites excluding steroid dienone is 2. The molecule has 10 heterocycles. The molecule has 0 unspecified atom stereocenters. The second-order valence-electron chi connectivity index (χ2n) is 33.9. The number of fused-ring (bicyclic) bond motifs is 35. The molecule has 20 rings (SSSR count). The van der Waals surface area contributed by atoms with Gasteiger partial charge in [0.15, 0.2) is 0 Å². The molecule has 0 saturated heterocycles. The van der Waals surface area contributed by atoms with Crippen LogP contribution in [-0.2, 0) is 55.0 Å². The minimum Gasteiger partial charge on any atom is -0.496 e. The van der Waals surface area contributed by atoms with Crippen LogP contribution in [0.4, 0.5) is 80.9 Å². The van der Waals surface area contributed by atoms with Crippen molar-refractivity contribution in [2.45, 2.75) is 71.2 Å². The average molecular weight is 1920 g/mol. The molecule has 0 aliphatic carbocycles. The first-order valence-electron chi connectivity index (χ1n) is 47.4. The second-order valence-corrected chi connectivity index (χ2v) is 33.9. The summed E-state index contributed by atoms with van der Waals surface area (Å²) in [4.78, 5) is 98.0. The molecule has 0 atom stereocenters. The van der Waals surface area contributed by atoms with Gasteiger partial charge < -0.3 is 71.5 Å². The summed E-state index contributed by atoms with van der Waals surface area (Å²) in [5.74, 6) is 4.63. The van der Waals surface area contributed by atoms with Gasteiger partial charge in [-0.3, -0.25) is 29.0 Å². The number of nitrogens with one attached hydrogen (secondary N) is 9. The van der Waals surface area contributed by atoms with Gasteiger partial charge in [-0.05, 0) is 220 Å². The molecular weight excluding hydrogens is 1810 g/mol. The number of rotatable bonds is 1. The molecule has 0 radical (unpaired) electrons. The van der Waals surface area contributed by atoms with Crippen LogP contribution in [0.15, 0.2) is 359 Å². The lowest BCUT2D eigenvalue weighted by atomic mass is 10.1. The van der Waals surface area contributed by atoms with Crippen LogP contribution in [0.2, 0.25) is 0 Å². The summed E-state index contributed by atoms with van der Waals surface area (Å²) in [6.45, 7) is 6.62. The third-order valence-electron chi connectivity index (χ3n) is 22.5. The van der Waals surface area contributed by atoms with Crippen molar-refractivity contribution in [3.63, 3.8) is 0 Å². The third kappa shape index (κ3) is 31.5. The summed E-state index contributed by atoms with van der Waals surface area (Å²) < 4.78 is 28.7. The topological polar surface area (TPSA) is 358 Å². The van der Waals surface area contributed by atoms with Crippen molar-refractivity contribution < 1.29 is 42.9 Å². The minimum atomic E-state index is -0.161. The molecule has 30 bridgehead atoms. The van der Waals surface area contributed by atoms with Crippen LogP contribution < -0.4 is 62.1 Å². The number of anilines is 14. The predicted octanol–water partition coefficient (Wildman–Crippen LogP) is 22.4. The van der Waals surface area contributed by atoms with Gasteiger partial charge >= 0.3 is 0 Å². The van der Waals surface area contributed by atoms with Crippen molar-refractivity contribution in [2.75, 3.05) is 109 Å². The van der Waals surface area contributed by atoms with Crippen molar-refractivity contribution in [3.05, 3.63) is 381 Å². The van der Waals surface area contributed by atoms with E-state index in [1.807, 2.05) is 249 Å². The van der Waals surface area contributed by atoms with Crippen molar-refractivity contribution >= 4 is 105 Å². The van der Waals surface area contributed by atoms with Gasteiger partial charge in [0.1, 0.15) is 23.9 Å². The van der Waals surface area contributed by atoms with Gasteiger partial charge in [0.05, 0.1) is 68.6 Å². The fourth-order valence-corrected chi connectivity index (χ4v) is 15.6. The van der Waals surface area contributed by atoms with E-state index in [-0.39, 0.29) is 36.5 Å². The van der Waals surface area contributed by atoms with Crippen molar-refractivity contribution in [1.82, 2.24) is 59.6 Å². The largest absolute Gasteiger partial charge is 0.496 e. The van der Waals surface area contributed by atoms with Gasteiger partial charge in [-0.2, -0.15) is 0 Å². The van der Waals surface area contributed by atoms with Crippen LogP contribution in [0, 0.1) is 0 Å². The molecule has 144 heavy (non-hydrogen) atoms. The zero-order valence-electron chi connectivity index (χ0n) is 80.1. The molecule has 4 amide bonds. The standard InChI is InChI=1S/C24H26N4O2.C23H22N4O2.C23H24N4O.C22H19N5O2.C22H20N4O2/c1-28-12-3-4-13-30-17-20-15-19(8-9-23(20)29-2)22-10-11-25-24(27-22)26-21-7-5-6-18(14-21)16-28;28-22-10-2-1-3-13-29-16-17-6-4-8-19(14-17)26-23-24-12-11-21(27-23)18-7-5-9-20(15-18)25-22;1-27-13-3-2-4-14-28-21-10-6-8-19(16-21)22-11-12-24-23(26-22)25-20-9-5-7-18(15-20)17-27;28-20-9-1-2-10-21(29)25-17-7-4-8-18(14-17)26-22-23-12-11-19(27-22)15-5-3-6-16(13-15)24-20;27-21-10-2-1-3-13-28-19-9-4-6-16(14-19)20-11-12-23-22(26-20)25-18-8-5-7-17(15-18)24-21/h3-11,14-15H,12-13,16-17H2,1-2H3,(H,25,26,27);1,3-9,11-12,14-15H,2,10,13,16H2,(H,25,28)(H,24,26,27);2-3,5-12,15-16H,4,13-14,17H2,1H3,(H,24,25,26);1-8,11-14H,9-10H2,(H,24,28)(H,25,29)(H,23,26,27);1,3-9,11-12,14-15H,2,10,13H2,(H,24,27)(H,23,25,26)/b4-3+;3-1+;3-2+;2-1+;3-1+. The maximum atomic E-state index is 12.2. The Kier molecular flexibility index (Phi) is 35.8. The van der Waals surface area contributed by atoms with Crippen LogP contribution in [0.5, 0.6) is 17.2 Å². The van der Waals surface area contributed by atoms with E-state index < -0.39 is 0 Å². The monoisotopic (exact) mass is 1920 g/mol. The zero-order valence-corrected chi connectivity index (χ0v) is 80.1. The summed E-state index contributed by atoms with van der Waals surface area (Å²) in [6.07, 6.45) is 31.8. The number of nitrogens with zero attached hydrogens (tertiary/aromatic N) is 12. The third-order valence-corrected chi connectivity index (χ3v) is 22.5. The summed E-state index contributed by atoms with van der Waals surface area (Å²) in [5, 5.41) is 27.8. The van der Waals surface area contributed by atoms with E-state index in [0.29, 0.717) is 106 Å². The normalized spacial score (nSPS) is 15.7. The number of methoxy groups -OCH3 is 1. The van der Waals surface area contributed by atoms with E-state index >= 15 is 0 Å². The van der Waals surface area contributed by atoms with Crippen LogP contribution in [0.1, 0.15) is 67.2 Å². The van der Waals surface area contributed by atoms with Crippen molar-refractivity contribution in [2.24, 2.45) is 0 Å². The van der Waals surface area contributed by atoms with Gasteiger partial charge in [-0.1, -0.05) is 158 Å². The minimum absolute atomic E-state index is 0.0216. The Balaban J connectivity index is 0.000000129. The van der Waals surface area contributed by atoms with Crippen molar-refractivity contribution in [3.8, 4) is 73.5 Å². The Labute approximate surface area is 836 Å². The molecule has 0 fully saturated rings. The van der Waals surface area contributed by atoms with E-state index in [2.05, 4.69) is 177 Å². The number of benzene rings is 10. The van der Waals surface area contributed by atoms with E-state index in [1.54, 1.807) is 56.3 Å². The Hall–Kier alpha value is -17.6. The maximum absolute atomic E-state index is 12.2. The van der Waals surface area contributed by atoms with Crippen molar-refractivity contribution in [1.29, 1.82) is 0 Å². The number of carbonyl (C=O) groups is 4. The van der Waals surface area contributed by atoms with Crippen LogP contribution in [0.3, 0.4) is 0 Å². The molecule has 726 valence electrons. The first-order valence-corrected chi connectivity index (χ1v) is 47.4. The Morgan fingerprint density at radius 2 is 0.632 bits per heavy atom. The first kappa shape index (κ1) is 99.4. The Morgan fingerprint density at radius 1 is 0.292 bits per heavy atom. The molecule has 0 saturated carbocycles. The first-order chi connectivity index (χ1) is 70.6. The lowest BCUT2D eigenvalue weighted by Gasteiger charge is -2.16. The summed E-state index contributed by atoms with van der Waals surface area (Å²) in [7, 11) is 5.90. The van der Waals surface area contributed by atoms with Gasteiger partial charge in [0.25, 0.3) is 0 Å². The van der Waals surface area contributed by atoms with Crippen LogP contribution in [-0.4, -0.2) is 144 Å². The smallest absolute Gasteiger partial charge is 0.228 e. The Morgan fingerprint density at radius 3 is 1.08 bits per heavy atom. The molecule has 9 N–H and O–H groups in total. The molecule has 15 aromatic rings. The molecule has 30 nitrogen and oxygen atoms in total. The number of amides is 4. The highest BCUT2D eigenvalue weighted by Crippen LogP contribution is 2.33. The fraction of sp³-hybridized carbons (Fsp3) is 0.175. The lowest BCUT2D eigenvalue weighted by molar-refractivity contribution is -0.116. The maximum Gasteiger partial charge on any atom is 0.228 e. The zero-order chi connectivity index (χ0) is 99.1. The molecule has 0 spiro atoms. The Bertz CT molecular complexity index is 7080.